The fourth-order valence-electron chi connectivity index (χ4n) is 1.48. The molecular weight excluding hydrogens is 300 g/mol. The van der Waals surface area contributed by atoms with Crippen LogP contribution >= 0.6 is 11.3 Å². The minimum absolute atomic E-state index is 0.141. The van der Waals surface area contributed by atoms with E-state index in [-0.39, 0.29) is 15.6 Å². The standard InChI is InChI=1S/C12H12N2O4S2/c1-2-9-4-6-11(19-9)20(17,18)14-8-3-5-10(12(15)16)13-7-8/h3-7,14H,2H2,1H3,(H,15,16). The van der Waals surface area contributed by atoms with E-state index in [1.807, 2.05) is 6.92 Å². The number of anilines is 1. The predicted octanol–water partition coefficient (Wildman–Crippen LogP) is 2.20. The second kappa shape index (κ2) is 5.59. The molecule has 20 heavy (non-hydrogen) atoms. The molecule has 0 aliphatic heterocycles. The summed E-state index contributed by atoms with van der Waals surface area (Å²) in [4.78, 5) is 15.3. The van der Waals surface area contributed by atoms with Gasteiger partial charge in [0, 0.05) is 4.88 Å². The number of nitrogens with one attached hydrogen (secondary N) is 1. The van der Waals surface area contributed by atoms with Crippen LogP contribution in [0.3, 0.4) is 0 Å². The smallest absolute Gasteiger partial charge is 0.354 e. The van der Waals surface area contributed by atoms with Gasteiger partial charge in [0.05, 0.1) is 11.9 Å². The van der Waals surface area contributed by atoms with Crippen molar-refractivity contribution in [3.63, 3.8) is 0 Å². The molecule has 106 valence electrons. The first-order valence-corrected chi connectivity index (χ1v) is 8.03. The first-order chi connectivity index (χ1) is 9.42. The third-order valence-corrected chi connectivity index (χ3v) is 5.59. The van der Waals surface area contributed by atoms with Crippen molar-refractivity contribution < 1.29 is 18.3 Å². The van der Waals surface area contributed by atoms with Crippen LogP contribution in [0.1, 0.15) is 22.3 Å². The lowest BCUT2D eigenvalue weighted by atomic mass is 10.3. The number of nitrogens with zero attached hydrogens (tertiary/aromatic N) is 1. The molecular formula is C12H12N2O4S2. The maximum absolute atomic E-state index is 12.1. The summed E-state index contributed by atoms with van der Waals surface area (Å²) in [5, 5.41) is 8.72. The van der Waals surface area contributed by atoms with Crippen molar-refractivity contribution in [3.05, 3.63) is 41.0 Å². The molecule has 0 fully saturated rings. The topological polar surface area (TPSA) is 96.4 Å². The van der Waals surface area contributed by atoms with E-state index in [2.05, 4.69) is 9.71 Å². The summed E-state index contributed by atoms with van der Waals surface area (Å²) < 4.78 is 26.8. The Bertz CT molecular complexity index is 720. The minimum Gasteiger partial charge on any atom is -0.477 e. The van der Waals surface area contributed by atoms with Crippen molar-refractivity contribution in [2.24, 2.45) is 0 Å². The molecule has 0 saturated carbocycles. The van der Waals surface area contributed by atoms with Gasteiger partial charge in [0.25, 0.3) is 10.0 Å². The Hall–Kier alpha value is -1.93. The van der Waals surface area contributed by atoms with Gasteiger partial charge in [-0.1, -0.05) is 6.92 Å². The van der Waals surface area contributed by atoms with E-state index in [1.165, 1.54) is 29.7 Å². The Morgan fingerprint density at radius 1 is 1.35 bits per heavy atom. The zero-order chi connectivity index (χ0) is 14.8. The maximum atomic E-state index is 12.1. The normalized spacial score (nSPS) is 11.2. The Balaban J connectivity index is 2.21. The highest BCUT2D eigenvalue weighted by Crippen LogP contribution is 2.24. The van der Waals surface area contributed by atoms with Gasteiger partial charge in [-0.2, -0.15) is 0 Å². The second-order valence-corrected chi connectivity index (χ2v) is 6.99. The van der Waals surface area contributed by atoms with Crippen molar-refractivity contribution in [2.45, 2.75) is 17.6 Å². The number of hydrogen-bond acceptors (Lipinski definition) is 5. The van der Waals surface area contributed by atoms with Gasteiger partial charge >= 0.3 is 5.97 Å². The van der Waals surface area contributed by atoms with Crippen molar-refractivity contribution in [1.29, 1.82) is 0 Å². The zero-order valence-electron chi connectivity index (χ0n) is 10.5. The molecule has 0 aliphatic carbocycles. The molecule has 0 unspecified atom stereocenters. The molecule has 2 aromatic rings. The second-order valence-electron chi connectivity index (χ2n) is 3.92. The Morgan fingerprint density at radius 3 is 2.60 bits per heavy atom. The largest absolute Gasteiger partial charge is 0.477 e. The zero-order valence-corrected chi connectivity index (χ0v) is 12.2. The molecule has 2 N–H and O–H groups in total. The van der Waals surface area contributed by atoms with Crippen molar-refractivity contribution in [1.82, 2.24) is 4.98 Å². The highest BCUT2D eigenvalue weighted by Gasteiger charge is 2.17. The number of carboxylic acids is 1. The van der Waals surface area contributed by atoms with Gasteiger partial charge in [0.1, 0.15) is 9.90 Å². The number of carbonyl (C=O) groups is 1. The molecule has 0 aromatic carbocycles. The molecule has 2 rings (SSSR count). The highest BCUT2D eigenvalue weighted by molar-refractivity contribution is 7.94. The number of pyridine rings is 1. The van der Waals surface area contributed by atoms with Gasteiger partial charge in [-0.15, -0.1) is 11.3 Å². The summed E-state index contributed by atoms with van der Waals surface area (Å²) in [5.74, 6) is -1.16. The number of sulfonamides is 1. The Kier molecular flexibility index (Phi) is 4.05. The van der Waals surface area contributed by atoms with Gasteiger partial charge in [-0.25, -0.2) is 18.2 Å². The molecule has 0 radical (unpaired) electrons. The number of aromatic nitrogens is 1. The van der Waals surface area contributed by atoms with Gasteiger partial charge in [0.15, 0.2) is 0 Å². The molecule has 0 amide bonds. The Morgan fingerprint density at radius 2 is 2.10 bits per heavy atom. The van der Waals surface area contributed by atoms with Gasteiger partial charge in [-0.3, -0.25) is 4.72 Å². The summed E-state index contributed by atoms with van der Waals surface area (Å²) in [7, 11) is -3.65. The van der Waals surface area contributed by atoms with Crippen molar-refractivity contribution in [3.8, 4) is 0 Å². The van der Waals surface area contributed by atoms with E-state index in [0.29, 0.717) is 0 Å². The van der Waals surface area contributed by atoms with Crippen LogP contribution in [-0.2, 0) is 16.4 Å². The lowest BCUT2D eigenvalue weighted by molar-refractivity contribution is 0.0690. The first-order valence-electron chi connectivity index (χ1n) is 5.73. The summed E-state index contributed by atoms with van der Waals surface area (Å²) in [6.07, 6.45) is 1.95. The lowest BCUT2D eigenvalue weighted by Gasteiger charge is -2.05. The van der Waals surface area contributed by atoms with Crippen LogP contribution in [0.4, 0.5) is 5.69 Å². The summed E-state index contributed by atoms with van der Waals surface area (Å²) in [6, 6.07) is 5.92. The summed E-state index contributed by atoms with van der Waals surface area (Å²) in [6.45, 7) is 1.95. The quantitative estimate of drug-likeness (QED) is 0.882. The van der Waals surface area contributed by atoms with Crippen LogP contribution in [0.25, 0.3) is 0 Å². The number of hydrogen-bond donors (Lipinski definition) is 2. The third kappa shape index (κ3) is 3.14. The molecule has 2 heterocycles. The molecule has 2 aromatic heterocycles. The lowest BCUT2D eigenvalue weighted by Crippen LogP contribution is -2.12. The van der Waals surface area contributed by atoms with E-state index in [1.54, 1.807) is 12.1 Å². The average Bonchev–Trinajstić information content (AvgIpc) is 2.88. The number of rotatable bonds is 5. The van der Waals surface area contributed by atoms with Crippen LogP contribution in [0.5, 0.6) is 0 Å². The van der Waals surface area contributed by atoms with Gasteiger partial charge in [0.2, 0.25) is 0 Å². The summed E-state index contributed by atoms with van der Waals surface area (Å²) in [5.41, 5.74) is 0.0822. The minimum atomic E-state index is -3.65. The van der Waals surface area contributed by atoms with Crippen molar-refractivity contribution in [2.75, 3.05) is 4.72 Å². The summed E-state index contributed by atoms with van der Waals surface area (Å²) >= 11 is 1.20. The van der Waals surface area contributed by atoms with Crippen LogP contribution in [0.2, 0.25) is 0 Å². The van der Waals surface area contributed by atoms with E-state index in [4.69, 9.17) is 5.11 Å². The van der Waals surface area contributed by atoms with Crippen LogP contribution < -0.4 is 4.72 Å². The number of carboxylic acid groups (broad SMARTS) is 1. The van der Waals surface area contributed by atoms with Crippen LogP contribution in [0, 0.1) is 0 Å². The van der Waals surface area contributed by atoms with Gasteiger partial charge < -0.3 is 5.11 Å². The first kappa shape index (κ1) is 14.5. The Labute approximate surface area is 120 Å². The molecule has 0 bridgehead atoms. The maximum Gasteiger partial charge on any atom is 0.354 e. The molecule has 0 atom stereocenters. The molecule has 0 aliphatic rings. The van der Waals surface area contributed by atoms with Crippen LogP contribution in [0.15, 0.2) is 34.7 Å². The van der Waals surface area contributed by atoms with E-state index < -0.39 is 16.0 Å². The predicted molar refractivity (Wildman–Crippen MR) is 75.7 cm³/mol. The van der Waals surface area contributed by atoms with Crippen LogP contribution in [-0.4, -0.2) is 24.5 Å². The molecule has 0 spiro atoms. The number of aromatic carboxylic acids is 1. The van der Waals surface area contributed by atoms with E-state index >= 15 is 0 Å². The fourth-order valence-corrected chi connectivity index (χ4v) is 3.82. The van der Waals surface area contributed by atoms with Gasteiger partial charge in [-0.05, 0) is 30.7 Å². The monoisotopic (exact) mass is 312 g/mol. The van der Waals surface area contributed by atoms with Crippen molar-refractivity contribution >= 4 is 33.0 Å². The number of thiophene rings is 1. The molecule has 8 heteroatoms. The fraction of sp³-hybridized carbons (Fsp3) is 0.167. The molecule has 0 saturated heterocycles. The molecule has 6 nitrogen and oxygen atoms in total. The SMILES string of the molecule is CCc1ccc(S(=O)(=O)Nc2ccc(C(=O)O)nc2)s1. The average molecular weight is 312 g/mol. The van der Waals surface area contributed by atoms with E-state index in [9.17, 15) is 13.2 Å². The third-order valence-electron chi connectivity index (χ3n) is 2.49. The number of aryl methyl sites for hydroxylation is 1. The van der Waals surface area contributed by atoms with E-state index in [0.717, 1.165) is 11.3 Å². The highest BCUT2D eigenvalue weighted by atomic mass is 32.2.